The van der Waals surface area contributed by atoms with Crippen LogP contribution in [-0.2, 0) is 4.79 Å². The molecule has 1 saturated carbocycles. The maximum absolute atomic E-state index is 12.2. The van der Waals surface area contributed by atoms with Crippen molar-refractivity contribution in [3.8, 4) is 0 Å². The molecule has 0 atom stereocenters. The van der Waals surface area contributed by atoms with Crippen molar-refractivity contribution in [2.75, 3.05) is 10.6 Å². The Morgan fingerprint density at radius 2 is 1.92 bits per heavy atom. The van der Waals surface area contributed by atoms with Crippen LogP contribution in [0, 0.1) is 12.8 Å². The minimum absolute atomic E-state index is 0.0834. The summed E-state index contributed by atoms with van der Waals surface area (Å²) in [5.41, 5.74) is 7.52. The summed E-state index contributed by atoms with van der Waals surface area (Å²) in [4.78, 5) is 28.1. The number of aromatic nitrogens is 1. The number of aryl methyl sites for hydroxylation is 1. The summed E-state index contributed by atoms with van der Waals surface area (Å²) in [6.45, 7) is 2.01. The van der Waals surface area contributed by atoms with Crippen LogP contribution < -0.4 is 16.4 Å². The van der Waals surface area contributed by atoms with Crippen molar-refractivity contribution >= 4 is 39.0 Å². The highest BCUT2D eigenvalue weighted by molar-refractivity contribution is 7.20. The molecule has 0 aliphatic heterocycles. The molecule has 132 valence electrons. The summed E-state index contributed by atoms with van der Waals surface area (Å²) in [5.74, 6) is -0.292. The predicted octanol–water partition coefficient (Wildman–Crippen LogP) is 3.81. The van der Waals surface area contributed by atoms with Crippen LogP contribution in [0.1, 0.15) is 48.2 Å². The van der Waals surface area contributed by atoms with Gasteiger partial charge in [-0.05, 0) is 37.8 Å². The largest absolute Gasteiger partial charge is 0.364 e. The highest BCUT2D eigenvalue weighted by Crippen LogP contribution is 2.32. The third kappa shape index (κ3) is 4.57. The molecule has 2 aromatic rings. The Balaban J connectivity index is 1.71. The van der Waals surface area contributed by atoms with Crippen LogP contribution in [0.3, 0.4) is 0 Å². The highest BCUT2D eigenvalue weighted by atomic mass is 32.1. The predicted molar refractivity (Wildman–Crippen MR) is 100 cm³/mol. The van der Waals surface area contributed by atoms with Crippen LogP contribution in [0.15, 0.2) is 24.3 Å². The van der Waals surface area contributed by atoms with Gasteiger partial charge in [-0.25, -0.2) is 4.98 Å². The van der Waals surface area contributed by atoms with Crippen LogP contribution in [0.2, 0.25) is 0 Å². The molecule has 7 heteroatoms. The van der Waals surface area contributed by atoms with E-state index in [1.54, 1.807) is 0 Å². The number of rotatable bonds is 6. The van der Waals surface area contributed by atoms with E-state index in [0.29, 0.717) is 22.5 Å². The van der Waals surface area contributed by atoms with Gasteiger partial charge < -0.3 is 16.4 Å². The summed E-state index contributed by atoms with van der Waals surface area (Å²) in [6, 6.07) is 7.82. The molecule has 0 bridgehead atoms. The quantitative estimate of drug-likeness (QED) is 0.731. The van der Waals surface area contributed by atoms with Crippen molar-refractivity contribution in [2.24, 2.45) is 11.7 Å². The number of carbonyl (C=O) groups is 2. The number of amides is 2. The first-order valence-corrected chi connectivity index (χ1v) is 9.27. The third-order valence-corrected chi connectivity index (χ3v) is 5.25. The van der Waals surface area contributed by atoms with E-state index in [1.807, 2.05) is 31.2 Å². The number of nitrogens with zero attached hydrogens (tertiary/aromatic N) is 1. The smallest absolute Gasteiger partial charge is 0.270 e. The summed E-state index contributed by atoms with van der Waals surface area (Å²) in [6.07, 6.45) is 5.06. The summed E-state index contributed by atoms with van der Waals surface area (Å²) < 4.78 is 0. The molecule has 0 unspecified atom stereocenters. The van der Waals surface area contributed by atoms with Gasteiger partial charge >= 0.3 is 0 Å². The third-order valence-electron chi connectivity index (χ3n) is 4.37. The topological polar surface area (TPSA) is 97.1 Å². The van der Waals surface area contributed by atoms with Crippen molar-refractivity contribution in [2.45, 2.75) is 39.0 Å². The second-order valence-electron chi connectivity index (χ2n) is 6.45. The second kappa shape index (κ2) is 7.65. The van der Waals surface area contributed by atoms with Gasteiger partial charge in [0.05, 0.1) is 0 Å². The lowest BCUT2D eigenvalue weighted by Crippen LogP contribution is -2.18. The van der Waals surface area contributed by atoms with Crippen molar-refractivity contribution in [1.82, 2.24) is 4.98 Å². The standard InChI is InChI=1S/C18H22N4O2S/c1-11-6-8-13(9-7-11)20-18-22-15(16(19)24)17(25-18)21-14(23)10-12-4-2-3-5-12/h6-9,12H,2-5,10H2,1H3,(H2,19,24)(H,20,22)(H,21,23). The van der Waals surface area contributed by atoms with Crippen molar-refractivity contribution < 1.29 is 9.59 Å². The fourth-order valence-electron chi connectivity index (χ4n) is 3.04. The van der Waals surface area contributed by atoms with E-state index in [1.165, 1.54) is 24.2 Å². The Labute approximate surface area is 150 Å². The normalized spacial score (nSPS) is 14.4. The number of hydrogen-bond acceptors (Lipinski definition) is 5. The second-order valence-corrected chi connectivity index (χ2v) is 7.45. The zero-order valence-electron chi connectivity index (χ0n) is 14.2. The average Bonchev–Trinajstić information content (AvgIpc) is 3.19. The lowest BCUT2D eigenvalue weighted by Gasteiger charge is -2.08. The van der Waals surface area contributed by atoms with Crippen LogP contribution in [-0.4, -0.2) is 16.8 Å². The molecule has 0 radical (unpaired) electrons. The molecule has 1 aromatic heterocycles. The number of benzene rings is 1. The number of thiazole rings is 1. The first-order valence-electron chi connectivity index (χ1n) is 8.45. The molecule has 1 heterocycles. The van der Waals surface area contributed by atoms with E-state index in [-0.39, 0.29) is 11.6 Å². The average molecular weight is 358 g/mol. The van der Waals surface area contributed by atoms with E-state index in [2.05, 4.69) is 15.6 Å². The van der Waals surface area contributed by atoms with Gasteiger partial charge in [-0.3, -0.25) is 9.59 Å². The van der Waals surface area contributed by atoms with E-state index < -0.39 is 5.91 Å². The minimum atomic E-state index is -0.649. The van der Waals surface area contributed by atoms with Crippen LogP contribution in [0.25, 0.3) is 0 Å². The summed E-state index contributed by atoms with van der Waals surface area (Å²) in [5, 5.41) is 6.88. The van der Waals surface area contributed by atoms with E-state index in [9.17, 15) is 9.59 Å². The molecule has 2 amide bonds. The molecule has 6 nitrogen and oxygen atoms in total. The Bertz CT molecular complexity index is 764. The fraction of sp³-hybridized carbons (Fsp3) is 0.389. The Morgan fingerprint density at radius 1 is 1.24 bits per heavy atom. The van der Waals surface area contributed by atoms with Crippen LogP contribution >= 0.6 is 11.3 Å². The van der Waals surface area contributed by atoms with Gasteiger partial charge in [0, 0.05) is 12.1 Å². The fourth-order valence-corrected chi connectivity index (χ4v) is 3.95. The maximum atomic E-state index is 12.2. The molecular weight excluding hydrogens is 336 g/mol. The van der Waals surface area contributed by atoms with E-state index in [4.69, 9.17) is 5.73 Å². The first-order chi connectivity index (χ1) is 12.0. The monoisotopic (exact) mass is 358 g/mol. The number of carbonyl (C=O) groups excluding carboxylic acids is 2. The molecule has 1 fully saturated rings. The first kappa shape index (κ1) is 17.4. The Kier molecular flexibility index (Phi) is 5.33. The maximum Gasteiger partial charge on any atom is 0.270 e. The van der Waals surface area contributed by atoms with Crippen molar-refractivity contribution in [3.05, 3.63) is 35.5 Å². The van der Waals surface area contributed by atoms with E-state index in [0.717, 1.165) is 24.1 Å². The molecule has 1 aliphatic rings. The van der Waals surface area contributed by atoms with Crippen molar-refractivity contribution in [3.63, 3.8) is 0 Å². The highest BCUT2D eigenvalue weighted by Gasteiger charge is 2.22. The van der Waals surface area contributed by atoms with Gasteiger partial charge in [-0.2, -0.15) is 0 Å². The zero-order chi connectivity index (χ0) is 17.8. The lowest BCUT2D eigenvalue weighted by molar-refractivity contribution is -0.117. The molecule has 1 aromatic carbocycles. The SMILES string of the molecule is Cc1ccc(Nc2nc(C(N)=O)c(NC(=O)CC3CCCC3)s2)cc1. The van der Waals surface area contributed by atoms with Gasteiger partial charge in [-0.15, -0.1) is 0 Å². The Hall–Kier alpha value is -2.41. The molecule has 0 spiro atoms. The van der Waals surface area contributed by atoms with Gasteiger partial charge in [0.25, 0.3) is 5.91 Å². The van der Waals surface area contributed by atoms with E-state index >= 15 is 0 Å². The molecular formula is C18H22N4O2S. The number of nitrogens with two attached hydrogens (primary N) is 1. The Morgan fingerprint density at radius 3 is 2.56 bits per heavy atom. The van der Waals surface area contributed by atoms with Gasteiger partial charge in [0.15, 0.2) is 10.8 Å². The molecule has 3 rings (SSSR count). The molecule has 25 heavy (non-hydrogen) atoms. The van der Waals surface area contributed by atoms with Gasteiger partial charge in [0.2, 0.25) is 5.91 Å². The van der Waals surface area contributed by atoms with Gasteiger partial charge in [0.1, 0.15) is 5.00 Å². The molecule has 4 N–H and O–H groups in total. The number of hydrogen-bond donors (Lipinski definition) is 3. The number of primary amides is 1. The zero-order valence-corrected chi connectivity index (χ0v) is 15.0. The minimum Gasteiger partial charge on any atom is -0.364 e. The van der Waals surface area contributed by atoms with Crippen LogP contribution in [0.4, 0.5) is 15.8 Å². The van der Waals surface area contributed by atoms with Crippen molar-refractivity contribution in [1.29, 1.82) is 0 Å². The van der Waals surface area contributed by atoms with Gasteiger partial charge in [-0.1, -0.05) is 41.9 Å². The van der Waals surface area contributed by atoms with Crippen LogP contribution in [0.5, 0.6) is 0 Å². The lowest BCUT2D eigenvalue weighted by atomic mass is 10.0. The number of anilines is 3. The number of nitrogens with one attached hydrogen (secondary N) is 2. The summed E-state index contributed by atoms with van der Waals surface area (Å²) >= 11 is 1.22. The molecule has 0 saturated heterocycles. The summed E-state index contributed by atoms with van der Waals surface area (Å²) in [7, 11) is 0. The molecule has 1 aliphatic carbocycles.